The lowest BCUT2D eigenvalue weighted by Gasteiger charge is -2.25. The minimum Gasteiger partial charge on any atom is -0.488 e. The van der Waals surface area contributed by atoms with E-state index in [4.69, 9.17) is 39.4 Å². The lowest BCUT2D eigenvalue weighted by molar-refractivity contribution is 0.301. The van der Waals surface area contributed by atoms with Gasteiger partial charge in [-0.05, 0) is 30.3 Å². The maximum Gasteiger partial charge on any atom is 0.129 e. The molecule has 0 saturated heterocycles. The lowest BCUT2D eigenvalue weighted by atomic mass is 9.90. The van der Waals surface area contributed by atoms with Crippen LogP contribution in [0.1, 0.15) is 11.1 Å². The second-order valence-corrected chi connectivity index (χ2v) is 6.78. The second-order valence-electron chi connectivity index (χ2n) is 5.94. The molecule has 3 aromatic rings. The first kappa shape index (κ1) is 17.1. The Bertz CT molecular complexity index is 1040. The molecule has 2 heterocycles. The summed E-state index contributed by atoms with van der Waals surface area (Å²) in [7, 11) is 0. The van der Waals surface area contributed by atoms with Crippen molar-refractivity contribution in [1.29, 1.82) is 0 Å². The van der Waals surface area contributed by atoms with Crippen molar-refractivity contribution in [1.82, 2.24) is 4.98 Å². The first-order valence-electron chi connectivity index (χ1n) is 7.89. The molecule has 0 spiro atoms. The standard InChI is InChI=1S/C19H14Cl2FN3O/c20-9-1-3-11(15(21)5-9)17-13(7-23)19(24)25-18-12-6-10(22)2-4-16(12)26-8-14(17)18/h1-6H,7-8,23H2,(H2,24,25). The summed E-state index contributed by atoms with van der Waals surface area (Å²) in [6.07, 6.45) is 0. The number of pyridine rings is 1. The molecule has 1 aromatic heterocycles. The van der Waals surface area contributed by atoms with Gasteiger partial charge >= 0.3 is 0 Å². The van der Waals surface area contributed by atoms with E-state index in [0.717, 1.165) is 16.7 Å². The Hall–Kier alpha value is -2.34. The number of hydrogen-bond donors (Lipinski definition) is 2. The molecule has 0 fully saturated rings. The van der Waals surface area contributed by atoms with E-state index in [2.05, 4.69) is 4.98 Å². The van der Waals surface area contributed by atoms with Gasteiger partial charge < -0.3 is 16.2 Å². The number of ether oxygens (including phenoxy) is 1. The Morgan fingerprint density at radius 2 is 1.92 bits per heavy atom. The molecule has 26 heavy (non-hydrogen) atoms. The van der Waals surface area contributed by atoms with Gasteiger partial charge in [0, 0.05) is 44.4 Å². The van der Waals surface area contributed by atoms with Crippen LogP contribution in [0.4, 0.5) is 10.2 Å². The third kappa shape index (κ3) is 2.69. The average molecular weight is 390 g/mol. The summed E-state index contributed by atoms with van der Waals surface area (Å²) in [5.74, 6) is 0.457. The van der Waals surface area contributed by atoms with Gasteiger partial charge in [-0.3, -0.25) is 0 Å². The zero-order chi connectivity index (χ0) is 18.4. The van der Waals surface area contributed by atoms with Crippen LogP contribution in [0.5, 0.6) is 5.75 Å². The molecule has 1 aliphatic rings. The van der Waals surface area contributed by atoms with Crippen LogP contribution in [-0.2, 0) is 13.2 Å². The number of nitrogen functional groups attached to an aromatic ring is 1. The maximum atomic E-state index is 13.8. The molecule has 4 N–H and O–H groups in total. The molecule has 132 valence electrons. The van der Waals surface area contributed by atoms with Crippen LogP contribution >= 0.6 is 23.2 Å². The average Bonchev–Trinajstić information content (AvgIpc) is 2.61. The molecule has 1 aliphatic heterocycles. The molecule has 0 radical (unpaired) electrons. The van der Waals surface area contributed by atoms with E-state index in [1.807, 2.05) is 0 Å². The predicted molar refractivity (Wildman–Crippen MR) is 102 cm³/mol. The fourth-order valence-electron chi connectivity index (χ4n) is 3.23. The first-order chi connectivity index (χ1) is 12.5. The number of anilines is 1. The van der Waals surface area contributed by atoms with Gasteiger partial charge in [0.25, 0.3) is 0 Å². The van der Waals surface area contributed by atoms with E-state index in [-0.39, 0.29) is 24.8 Å². The zero-order valence-corrected chi connectivity index (χ0v) is 15.0. The second kappa shape index (κ2) is 6.43. The molecule has 0 aliphatic carbocycles. The topological polar surface area (TPSA) is 74.2 Å². The fraction of sp³-hybridized carbons (Fsp3) is 0.105. The molecule has 0 bridgehead atoms. The first-order valence-corrected chi connectivity index (χ1v) is 8.64. The minimum absolute atomic E-state index is 0.177. The molecule has 2 aromatic carbocycles. The van der Waals surface area contributed by atoms with Crippen LogP contribution in [0.2, 0.25) is 10.0 Å². The van der Waals surface area contributed by atoms with Crippen LogP contribution in [0.3, 0.4) is 0 Å². The number of halogens is 3. The number of aromatic nitrogens is 1. The van der Waals surface area contributed by atoms with Crippen molar-refractivity contribution >= 4 is 29.0 Å². The Morgan fingerprint density at radius 3 is 2.65 bits per heavy atom. The zero-order valence-electron chi connectivity index (χ0n) is 13.5. The van der Waals surface area contributed by atoms with Crippen LogP contribution in [0.15, 0.2) is 36.4 Å². The monoisotopic (exact) mass is 389 g/mol. The molecular weight excluding hydrogens is 376 g/mol. The highest BCUT2D eigenvalue weighted by Crippen LogP contribution is 2.45. The third-order valence-electron chi connectivity index (χ3n) is 4.40. The SMILES string of the molecule is NCc1c(N)nc2c(c1-c1ccc(Cl)cc1Cl)COc1ccc(F)cc1-2. The molecule has 0 amide bonds. The van der Waals surface area contributed by atoms with Crippen LogP contribution in [0, 0.1) is 5.82 Å². The number of nitrogens with zero attached hydrogens (tertiary/aromatic N) is 1. The van der Waals surface area contributed by atoms with Crippen molar-refractivity contribution in [3.8, 4) is 28.1 Å². The number of benzene rings is 2. The number of rotatable bonds is 2. The molecule has 0 unspecified atom stereocenters. The van der Waals surface area contributed by atoms with E-state index in [1.54, 1.807) is 24.3 Å². The normalized spacial score (nSPS) is 12.3. The van der Waals surface area contributed by atoms with Gasteiger partial charge in [-0.1, -0.05) is 29.3 Å². The third-order valence-corrected chi connectivity index (χ3v) is 4.95. The lowest BCUT2D eigenvalue weighted by Crippen LogP contribution is -2.15. The highest BCUT2D eigenvalue weighted by atomic mass is 35.5. The number of fused-ring (bicyclic) bond motifs is 3. The van der Waals surface area contributed by atoms with Crippen molar-refractivity contribution < 1.29 is 9.13 Å². The minimum atomic E-state index is -0.380. The van der Waals surface area contributed by atoms with E-state index in [9.17, 15) is 4.39 Å². The predicted octanol–water partition coefficient (Wildman–Crippen LogP) is 4.79. The number of hydrogen-bond acceptors (Lipinski definition) is 4. The summed E-state index contributed by atoms with van der Waals surface area (Å²) in [6, 6.07) is 9.51. The van der Waals surface area contributed by atoms with Crippen LogP contribution in [-0.4, -0.2) is 4.98 Å². The Labute approximate surface area is 159 Å². The summed E-state index contributed by atoms with van der Waals surface area (Å²) in [6.45, 7) is 0.430. The van der Waals surface area contributed by atoms with Gasteiger partial charge in [-0.25, -0.2) is 9.37 Å². The summed E-state index contributed by atoms with van der Waals surface area (Å²) >= 11 is 12.5. The summed E-state index contributed by atoms with van der Waals surface area (Å²) in [5.41, 5.74) is 16.1. The molecule has 7 heteroatoms. The molecule has 0 saturated carbocycles. The van der Waals surface area contributed by atoms with Crippen molar-refractivity contribution in [2.75, 3.05) is 5.73 Å². The van der Waals surface area contributed by atoms with Crippen molar-refractivity contribution in [2.45, 2.75) is 13.2 Å². The molecular formula is C19H14Cl2FN3O. The van der Waals surface area contributed by atoms with Gasteiger partial charge in [0.05, 0.1) is 5.69 Å². The summed E-state index contributed by atoms with van der Waals surface area (Å²) < 4.78 is 19.6. The maximum absolute atomic E-state index is 13.8. The quantitative estimate of drug-likeness (QED) is 0.660. The van der Waals surface area contributed by atoms with Crippen LogP contribution < -0.4 is 16.2 Å². The van der Waals surface area contributed by atoms with Gasteiger partial charge in [0.1, 0.15) is 24.0 Å². The Morgan fingerprint density at radius 1 is 1.12 bits per heavy atom. The van der Waals surface area contributed by atoms with Gasteiger partial charge in [0.2, 0.25) is 0 Å². The summed E-state index contributed by atoms with van der Waals surface area (Å²) in [5, 5.41) is 0.984. The van der Waals surface area contributed by atoms with E-state index >= 15 is 0 Å². The van der Waals surface area contributed by atoms with Gasteiger partial charge in [-0.2, -0.15) is 0 Å². The van der Waals surface area contributed by atoms with Crippen LogP contribution in [0.25, 0.3) is 22.4 Å². The highest BCUT2D eigenvalue weighted by Gasteiger charge is 2.27. The Kier molecular flexibility index (Phi) is 4.23. The van der Waals surface area contributed by atoms with E-state index in [1.165, 1.54) is 12.1 Å². The Balaban J connectivity index is 2.06. The van der Waals surface area contributed by atoms with Crippen molar-refractivity contribution in [2.24, 2.45) is 5.73 Å². The smallest absolute Gasteiger partial charge is 0.129 e. The van der Waals surface area contributed by atoms with E-state index in [0.29, 0.717) is 32.6 Å². The van der Waals surface area contributed by atoms with Gasteiger partial charge in [-0.15, -0.1) is 0 Å². The largest absolute Gasteiger partial charge is 0.488 e. The molecule has 4 nitrogen and oxygen atoms in total. The number of nitrogens with two attached hydrogens (primary N) is 2. The fourth-order valence-corrected chi connectivity index (χ4v) is 3.74. The van der Waals surface area contributed by atoms with Crippen molar-refractivity contribution in [3.05, 3.63) is 63.4 Å². The summed E-state index contributed by atoms with van der Waals surface area (Å²) in [4.78, 5) is 4.48. The molecule has 0 atom stereocenters. The van der Waals surface area contributed by atoms with Crippen molar-refractivity contribution in [3.63, 3.8) is 0 Å². The highest BCUT2D eigenvalue weighted by molar-refractivity contribution is 6.36. The van der Waals surface area contributed by atoms with Gasteiger partial charge in [0.15, 0.2) is 0 Å². The molecule has 4 rings (SSSR count). The van der Waals surface area contributed by atoms with E-state index < -0.39 is 0 Å².